The van der Waals surface area contributed by atoms with Gasteiger partial charge in [-0.25, -0.2) is 0 Å². The molecule has 2 rings (SSSR count). The highest BCUT2D eigenvalue weighted by molar-refractivity contribution is 6.31. The Balaban J connectivity index is 2.18. The number of hydrogen-bond donors (Lipinski definition) is 1. The molecule has 1 atom stereocenters. The van der Waals surface area contributed by atoms with Crippen molar-refractivity contribution in [1.29, 1.82) is 0 Å². The van der Waals surface area contributed by atoms with Crippen LogP contribution in [0, 0.1) is 0 Å². The maximum Gasteiger partial charge on any atom is 0.260 e. The highest BCUT2D eigenvalue weighted by Crippen LogP contribution is 2.16. The van der Waals surface area contributed by atoms with Crippen LogP contribution >= 0.6 is 11.6 Å². The van der Waals surface area contributed by atoms with Gasteiger partial charge >= 0.3 is 0 Å². The van der Waals surface area contributed by atoms with Gasteiger partial charge in [-0.3, -0.25) is 14.5 Å². The fourth-order valence-electron chi connectivity index (χ4n) is 1.85. The van der Waals surface area contributed by atoms with E-state index in [0.717, 1.165) is 0 Å². The van der Waals surface area contributed by atoms with E-state index < -0.39 is 0 Å². The molecule has 1 aromatic rings. The number of nitrogens with zero attached hydrogens (tertiary/aromatic N) is 1. The smallest absolute Gasteiger partial charge is 0.260 e. The number of halogens is 1. The maximum atomic E-state index is 12.1. The molecule has 0 spiro atoms. The van der Waals surface area contributed by atoms with Crippen LogP contribution in [0.5, 0.6) is 0 Å². The van der Waals surface area contributed by atoms with Crippen LogP contribution in [-0.2, 0) is 4.79 Å². The first-order valence-corrected chi connectivity index (χ1v) is 5.81. The van der Waals surface area contributed by atoms with Crippen molar-refractivity contribution in [1.82, 2.24) is 4.90 Å². The molecule has 1 unspecified atom stereocenters. The number of imide groups is 1. The SMILES string of the molecule is NC1CCN(C(=O)c2cccc(Cl)c2)C(=O)C1. The zero-order chi connectivity index (χ0) is 12.4. The maximum absolute atomic E-state index is 12.1. The fourth-order valence-corrected chi connectivity index (χ4v) is 2.04. The van der Waals surface area contributed by atoms with E-state index in [1.807, 2.05) is 0 Å². The number of amides is 2. The molecule has 4 nitrogen and oxygen atoms in total. The highest BCUT2D eigenvalue weighted by Gasteiger charge is 2.28. The van der Waals surface area contributed by atoms with Gasteiger partial charge in [0.25, 0.3) is 5.91 Å². The van der Waals surface area contributed by atoms with Crippen LogP contribution in [0.2, 0.25) is 5.02 Å². The van der Waals surface area contributed by atoms with Crippen LogP contribution in [0.25, 0.3) is 0 Å². The van der Waals surface area contributed by atoms with Gasteiger partial charge in [0.15, 0.2) is 0 Å². The van der Waals surface area contributed by atoms with E-state index >= 15 is 0 Å². The first kappa shape index (κ1) is 12.1. The molecule has 0 aromatic heterocycles. The Bertz CT molecular complexity index is 462. The number of rotatable bonds is 1. The number of hydrogen-bond acceptors (Lipinski definition) is 3. The van der Waals surface area contributed by atoms with Crippen molar-refractivity contribution in [3.8, 4) is 0 Å². The van der Waals surface area contributed by atoms with Crippen molar-refractivity contribution in [2.75, 3.05) is 6.54 Å². The van der Waals surface area contributed by atoms with Crippen LogP contribution in [0.15, 0.2) is 24.3 Å². The first-order chi connectivity index (χ1) is 8.08. The number of likely N-dealkylation sites (tertiary alicyclic amines) is 1. The van der Waals surface area contributed by atoms with Crippen molar-refractivity contribution in [3.05, 3.63) is 34.9 Å². The zero-order valence-electron chi connectivity index (χ0n) is 9.23. The minimum absolute atomic E-state index is 0.133. The normalized spacial score (nSPS) is 20.5. The van der Waals surface area contributed by atoms with E-state index in [4.69, 9.17) is 17.3 Å². The summed E-state index contributed by atoms with van der Waals surface area (Å²) >= 11 is 5.81. The molecular formula is C12H13ClN2O2. The van der Waals surface area contributed by atoms with Crippen LogP contribution in [-0.4, -0.2) is 29.3 Å². The molecule has 1 heterocycles. The molecule has 1 aromatic carbocycles. The second-order valence-electron chi connectivity index (χ2n) is 4.11. The summed E-state index contributed by atoms with van der Waals surface area (Å²) in [4.78, 5) is 25.0. The number of benzene rings is 1. The Labute approximate surface area is 104 Å². The van der Waals surface area contributed by atoms with Crippen LogP contribution in [0.4, 0.5) is 0 Å². The molecule has 5 heteroatoms. The van der Waals surface area contributed by atoms with Crippen molar-refractivity contribution in [2.45, 2.75) is 18.9 Å². The lowest BCUT2D eigenvalue weighted by Gasteiger charge is -2.28. The predicted octanol–water partition coefficient (Wildman–Crippen LogP) is 1.43. The van der Waals surface area contributed by atoms with E-state index in [9.17, 15) is 9.59 Å². The largest absolute Gasteiger partial charge is 0.327 e. The van der Waals surface area contributed by atoms with E-state index in [-0.39, 0.29) is 24.3 Å². The van der Waals surface area contributed by atoms with E-state index in [0.29, 0.717) is 23.6 Å². The first-order valence-electron chi connectivity index (χ1n) is 5.44. The molecule has 17 heavy (non-hydrogen) atoms. The minimum Gasteiger partial charge on any atom is -0.327 e. The second kappa shape index (κ2) is 4.85. The summed E-state index contributed by atoms with van der Waals surface area (Å²) < 4.78 is 0. The third-order valence-corrected chi connectivity index (χ3v) is 3.01. The zero-order valence-corrected chi connectivity index (χ0v) is 9.98. The molecule has 0 aliphatic carbocycles. The van der Waals surface area contributed by atoms with E-state index in [2.05, 4.69) is 0 Å². The fraction of sp³-hybridized carbons (Fsp3) is 0.333. The summed E-state index contributed by atoms with van der Waals surface area (Å²) in [5, 5.41) is 0.483. The van der Waals surface area contributed by atoms with E-state index in [1.165, 1.54) is 4.90 Å². The van der Waals surface area contributed by atoms with Crippen LogP contribution in [0.1, 0.15) is 23.2 Å². The number of piperidine rings is 1. The average Bonchev–Trinajstić information content (AvgIpc) is 2.28. The van der Waals surface area contributed by atoms with Gasteiger partial charge in [0.1, 0.15) is 0 Å². The van der Waals surface area contributed by atoms with Gasteiger partial charge < -0.3 is 5.73 Å². The molecule has 2 amide bonds. The lowest BCUT2D eigenvalue weighted by atomic mass is 10.0. The van der Waals surface area contributed by atoms with Crippen LogP contribution in [0.3, 0.4) is 0 Å². The molecule has 90 valence electrons. The topological polar surface area (TPSA) is 63.4 Å². The second-order valence-corrected chi connectivity index (χ2v) is 4.55. The standard InChI is InChI=1S/C12H13ClN2O2/c13-9-3-1-2-8(6-9)12(17)15-5-4-10(14)7-11(15)16/h1-3,6,10H,4-5,7,14H2. The van der Waals surface area contributed by atoms with Gasteiger partial charge in [-0.2, -0.15) is 0 Å². The van der Waals surface area contributed by atoms with Crippen LogP contribution < -0.4 is 5.73 Å². The molecule has 1 aliphatic rings. The Morgan fingerprint density at radius 2 is 2.24 bits per heavy atom. The van der Waals surface area contributed by atoms with Gasteiger partial charge in [-0.1, -0.05) is 17.7 Å². The third-order valence-electron chi connectivity index (χ3n) is 2.78. The Morgan fingerprint density at radius 3 is 2.88 bits per heavy atom. The van der Waals surface area contributed by atoms with E-state index in [1.54, 1.807) is 24.3 Å². The molecular weight excluding hydrogens is 240 g/mol. The van der Waals surface area contributed by atoms with Crippen molar-refractivity contribution >= 4 is 23.4 Å². The molecule has 2 N–H and O–H groups in total. The Kier molecular flexibility index (Phi) is 3.45. The molecule has 0 bridgehead atoms. The number of nitrogens with two attached hydrogens (primary N) is 1. The molecule has 0 saturated carbocycles. The molecule has 0 radical (unpaired) electrons. The van der Waals surface area contributed by atoms with Crippen molar-refractivity contribution in [3.63, 3.8) is 0 Å². The molecule has 1 saturated heterocycles. The van der Waals surface area contributed by atoms with Gasteiger partial charge in [0.2, 0.25) is 5.91 Å². The number of carbonyl (C=O) groups is 2. The highest BCUT2D eigenvalue weighted by atomic mass is 35.5. The summed E-state index contributed by atoms with van der Waals surface area (Å²) in [5.41, 5.74) is 6.10. The third kappa shape index (κ3) is 2.65. The predicted molar refractivity (Wildman–Crippen MR) is 64.7 cm³/mol. The molecule has 1 fully saturated rings. The monoisotopic (exact) mass is 252 g/mol. The van der Waals surface area contributed by atoms with Gasteiger partial charge in [0.05, 0.1) is 0 Å². The quantitative estimate of drug-likeness (QED) is 0.769. The van der Waals surface area contributed by atoms with Crippen molar-refractivity contribution in [2.24, 2.45) is 5.73 Å². The summed E-state index contributed by atoms with van der Waals surface area (Å²) in [6.45, 7) is 0.380. The van der Waals surface area contributed by atoms with Gasteiger partial charge in [0, 0.05) is 29.6 Å². The van der Waals surface area contributed by atoms with Gasteiger partial charge in [-0.15, -0.1) is 0 Å². The minimum atomic E-state index is -0.301. The summed E-state index contributed by atoms with van der Waals surface area (Å²) in [6, 6.07) is 6.45. The Morgan fingerprint density at radius 1 is 1.47 bits per heavy atom. The van der Waals surface area contributed by atoms with Crippen molar-refractivity contribution < 1.29 is 9.59 Å². The lowest BCUT2D eigenvalue weighted by Crippen LogP contribution is -2.46. The number of carbonyl (C=O) groups excluding carboxylic acids is 2. The van der Waals surface area contributed by atoms with Gasteiger partial charge in [-0.05, 0) is 24.6 Å². The summed E-state index contributed by atoms with van der Waals surface area (Å²) in [7, 11) is 0. The lowest BCUT2D eigenvalue weighted by molar-refractivity contribution is -0.130. The molecule has 1 aliphatic heterocycles. The Hall–Kier alpha value is -1.39. The summed E-state index contributed by atoms with van der Waals surface area (Å²) in [5.74, 6) is -0.516. The average molecular weight is 253 g/mol. The summed E-state index contributed by atoms with van der Waals surface area (Å²) in [6.07, 6.45) is 0.879.